The minimum Gasteiger partial charge on any atom is -0.258 e. The quantitative estimate of drug-likeness (QED) is 0.619. The zero-order valence-electron chi connectivity index (χ0n) is 12.7. The predicted octanol–water partition coefficient (Wildman–Crippen LogP) is 4.26. The van der Waals surface area contributed by atoms with E-state index in [4.69, 9.17) is 4.99 Å². The molecule has 2 aliphatic heterocycles. The second kappa shape index (κ2) is 6.09. The number of nitrogens with zero attached hydrogens (tertiary/aromatic N) is 4. The molecular weight excluding hydrogens is 324 g/mol. The second-order valence-electron chi connectivity index (χ2n) is 5.56. The highest BCUT2D eigenvalue weighted by Crippen LogP contribution is 2.41. The van der Waals surface area contributed by atoms with Crippen molar-refractivity contribution >= 4 is 34.5 Å². The molecule has 4 rings (SSSR count). The van der Waals surface area contributed by atoms with Gasteiger partial charge in [-0.25, -0.2) is 10.0 Å². The van der Waals surface area contributed by atoms with Gasteiger partial charge in [0.2, 0.25) is 0 Å². The van der Waals surface area contributed by atoms with Gasteiger partial charge in [-0.05, 0) is 11.6 Å². The first-order chi connectivity index (χ1) is 11.7. The number of nitro benzene ring substituents is 1. The molecule has 0 spiro atoms. The number of hydrazone groups is 1. The van der Waals surface area contributed by atoms with Crippen LogP contribution in [0.2, 0.25) is 0 Å². The van der Waals surface area contributed by atoms with Crippen LogP contribution in [0.1, 0.15) is 23.6 Å². The molecule has 0 saturated carbocycles. The van der Waals surface area contributed by atoms with Crippen molar-refractivity contribution in [3.63, 3.8) is 0 Å². The van der Waals surface area contributed by atoms with Crippen molar-refractivity contribution in [2.45, 2.75) is 18.2 Å². The minimum atomic E-state index is -0.372. The van der Waals surface area contributed by atoms with Gasteiger partial charge >= 0.3 is 0 Å². The average molecular weight is 338 g/mol. The Labute approximate surface area is 143 Å². The van der Waals surface area contributed by atoms with Gasteiger partial charge in [0.25, 0.3) is 5.69 Å². The topological polar surface area (TPSA) is 71.1 Å². The van der Waals surface area contributed by atoms with Gasteiger partial charge < -0.3 is 0 Å². The van der Waals surface area contributed by atoms with Crippen LogP contribution < -0.4 is 0 Å². The first-order valence-corrected chi connectivity index (χ1v) is 8.56. The van der Waals surface area contributed by atoms with Crippen LogP contribution in [-0.2, 0) is 5.75 Å². The number of benzene rings is 2. The van der Waals surface area contributed by atoms with Crippen molar-refractivity contribution in [1.82, 2.24) is 5.01 Å². The third-order valence-corrected chi connectivity index (χ3v) is 5.04. The van der Waals surface area contributed by atoms with Crippen LogP contribution in [0.15, 0.2) is 58.6 Å². The summed E-state index contributed by atoms with van der Waals surface area (Å²) in [4.78, 5) is 15.2. The maximum atomic E-state index is 10.9. The fourth-order valence-electron chi connectivity index (χ4n) is 2.89. The maximum absolute atomic E-state index is 10.9. The van der Waals surface area contributed by atoms with E-state index in [0.29, 0.717) is 5.75 Å². The highest BCUT2D eigenvalue weighted by atomic mass is 32.2. The molecule has 2 heterocycles. The highest BCUT2D eigenvalue weighted by molar-refractivity contribution is 8.13. The SMILES string of the molecule is O=[N+]([O-])c1cccc(CSC2=Nc3ccccc3C3CC=NN23)c1. The number of non-ortho nitro benzene ring substituents is 1. The van der Waals surface area contributed by atoms with Crippen LogP contribution in [0.4, 0.5) is 11.4 Å². The average Bonchev–Trinajstić information content (AvgIpc) is 3.10. The fraction of sp³-hybridized carbons (Fsp3) is 0.176. The lowest BCUT2D eigenvalue weighted by Crippen LogP contribution is -2.27. The number of amidine groups is 1. The summed E-state index contributed by atoms with van der Waals surface area (Å²) < 4.78 is 0. The first-order valence-electron chi connectivity index (χ1n) is 7.58. The first kappa shape index (κ1) is 14.9. The van der Waals surface area contributed by atoms with Crippen molar-refractivity contribution in [1.29, 1.82) is 0 Å². The molecule has 2 aromatic carbocycles. The lowest BCUT2D eigenvalue weighted by Gasteiger charge is -2.29. The highest BCUT2D eigenvalue weighted by Gasteiger charge is 2.32. The molecule has 1 unspecified atom stereocenters. The van der Waals surface area contributed by atoms with Gasteiger partial charge in [0.15, 0.2) is 5.17 Å². The summed E-state index contributed by atoms with van der Waals surface area (Å²) in [6, 6.07) is 15.0. The van der Waals surface area contributed by atoms with Crippen LogP contribution in [-0.4, -0.2) is 21.3 Å². The normalized spacial score (nSPS) is 18.1. The molecule has 0 radical (unpaired) electrons. The molecule has 0 N–H and O–H groups in total. The number of fused-ring (bicyclic) bond motifs is 3. The molecule has 0 saturated heterocycles. The molecule has 0 fully saturated rings. The number of hydrogen-bond acceptors (Lipinski definition) is 6. The van der Waals surface area contributed by atoms with Gasteiger partial charge in [0, 0.05) is 36.1 Å². The van der Waals surface area contributed by atoms with E-state index in [1.165, 1.54) is 11.6 Å². The third kappa shape index (κ3) is 2.67. The Morgan fingerprint density at radius 1 is 1.25 bits per heavy atom. The smallest absolute Gasteiger partial charge is 0.258 e. The Balaban J connectivity index is 1.58. The van der Waals surface area contributed by atoms with Crippen LogP contribution in [0.25, 0.3) is 0 Å². The standard InChI is InChI=1S/C17H14N4O2S/c22-21(23)13-5-3-4-12(10-13)11-24-17-19-15-7-2-1-6-14(15)16-8-9-18-20(16)17/h1-7,9-10,16H,8,11H2. The molecule has 6 nitrogen and oxygen atoms in total. The van der Waals surface area contributed by atoms with Gasteiger partial charge in [-0.15, -0.1) is 0 Å². The van der Waals surface area contributed by atoms with E-state index < -0.39 is 0 Å². The summed E-state index contributed by atoms with van der Waals surface area (Å²) in [6.45, 7) is 0. The van der Waals surface area contributed by atoms with Crippen molar-refractivity contribution in [3.05, 3.63) is 69.8 Å². The van der Waals surface area contributed by atoms with Crippen LogP contribution in [0, 0.1) is 10.1 Å². The molecule has 2 aromatic rings. The molecule has 120 valence electrons. The van der Waals surface area contributed by atoms with Crippen LogP contribution >= 0.6 is 11.8 Å². The van der Waals surface area contributed by atoms with E-state index >= 15 is 0 Å². The monoisotopic (exact) mass is 338 g/mol. The molecule has 1 atom stereocenters. The molecule has 0 aromatic heterocycles. The molecule has 0 aliphatic carbocycles. The van der Waals surface area contributed by atoms with Crippen molar-refractivity contribution < 1.29 is 4.92 Å². The molecule has 0 bridgehead atoms. The third-order valence-electron chi connectivity index (χ3n) is 4.03. The van der Waals surface area contributed by atoms with Crippen molar-refractivity contribution in [2.24, 2.45) is 10.1 Å². The lowest BCUT2D eigenvalue weighted by molar-refractivity contribution is -0.384. The molecule has 24 heavy (non-hydrogen) atoms. The summed E-state index contributed by atoms with van der Waals surface area (Å²) in [5, 5.41) is 18.1. The number of rotatable bonds is 3. The summed E-state index contributed by atoms with van der Waals surface area (Å²) >= 11 is 1.55. The Morgan fingerprint density at radius 2 is 2.12 bits per heavy atom. The van der Waals surface area contributed by atoms with Crippen LogP contribution in [0.3, 0.4) is 0 Å². The number of thioether (sulfide) groups is 1. The number of aliphatic imine (C=N–C) groups is 1. The second-order valence-corrected chi connectivity index (χ2v) is 6.51. The molecular formula is C17H14N4O2S. The zero-order valence-corrected chi connectivity index (χ0v) is 13.5. The van der Waals surface area contributed by atoms with E-state index in [9.17, 15) is 10.1 Å². The largest absolute Gasteiger partial charge is 0.269 e. The predicted molar refractivity (Wildman–Crippen MR) is 95.6 cm³/mol. The number of nitro groups is 1. The van der Waals surface area contributed by atoms with Crippen molar-refractivity contribution in [2.75, 3.05) is 0 Å². The lowest BCUT2D eigenvalue weighted by atomic mass is 10.0. The van der Waals surface area contributed by atoms with E-state index in [1.807, 2.05) is 35.5 Å². The maximum Gasteiger partial charge on any atom is 0.269 e. The van der Waals surface area contributed by atoms with Gasteiger partial charge in [0.1, 0.15) is 0 Å². The zero-order chi connectivity index (χ0) is 16.5. The van der Waals surface area contributed by atoms with Crippen molar-refractivity contribution in [3.8, 4) is 0 Å². The van der Waals surface area contributed by atoms with Gasteiger partial charge in [-0.1, -0.05) is 42.1 Å². The Hall–Kier alpha value is -2.67. The summed E-state index contributed by atoms with van der Waals surface area (Å²) in [5.41, 5.74) is 3.18. The summed E-state index contributed by atoms with van der Waals surface area (Å²) in [7, 11) is 0. The van der Waals surface area contributed by atoms with E-state index in [1.54, 1.807) is 23.9 Å². The summed E-state index contributed by atoms with van der Waals surface area (Å²) in [6.07, 6.45) is 2.78. The molecule has 0 amide bonds. The Morgan fingerprint density at radius 3 is 3.00 bits per heavy atom. The number of hydrogen-bond donors (Lipinski definition) is 0. The van der Waals surface area contributed by atoms with E-state index in [-0.39, 0.29) is 16.7 Å². The Kier molecular flexibility index (Phi) is 3.78. The van der Waals surface area contributed by atoms with E-state index in [0.717, 1.165) is 22.8 Å². The van der Waals surface area contributed by atoms with E-state index in [2.05, 4.69) is 11.2 Å². The molecule has 7 heteroatoms. The number of para-hydroxylation sites is 1. The summed E-state index contributed by atoms with van der Waals surface area (Å²) in [5.74, 6) is 0.613. The minimum absolute atomic E-state index is 0.112. The van der Waals surface area contributed by atoms with Gasteiger partial charge in [-0.2, -0.15) is 5.10 Å². The van der Waals surface area contributed by atoms with Crippen LogP contribution in [0.5, 0.6) is 0 Å². The van der Waals surface area contributed by atoms with Gasteiger partial charge in [0.05, 0.1) is 16.7 Å². The fourth-order valence-corrected chi connectivity index (χ4v) is 3.83. The molecule has 2 aliphatic rings. The van der Waals surface area contributed by atoms with Gasteiger partial charge in [-0.3, -0.25) is 10.1 Å². The Bertz CT molecular complexity index is 865.